The van der Waals surface area contributed by atoms with E-state index in [-0.39, 0.29) is 40.9 Å². The molecule has 258 valence electrons. The first-order valence-corrected chi connectivity index (χ1v) is 18.2. The number of carbonyl (C=O) groups excluding carboxylic acids is 1. The van der Waals surface area contributed by atoms with E-state index in [1.807, 2.05) is 56.0 Å². The Morgan fingerprint density at radius 1 is 1.06 bits per heavy atom. The minimum absolute atomic E-state index is 0.0604. The maximum atomic E-state index is 16.9. The van der Waals surface area contributed by atoms with E-state index in [1.54, 1.807) is 12.3 Å². The molecular weight excluding hydrogens is 666 g/mol. The standard InChI is InChI=1S/C37H41Cl2FN6O3/c1-36(2,3)49-35(47)46-24-11-12-25(46)20-44(19-24)33-27-18-41-31(26-9-4-7-22-8-5-10-28(39)29(22)26)30(40)32(27)42-34(43-33)48-21-37-14-6-16-45(37)23(17-38)13-15-37/h4-5,7-10,18,23-25H,6,11-17,19-21H2,1-3H3/t23?,24-,25+,37?. The van der Waals surface area contributed by atoms with Crippen LogP contribution in [0.2, 0.25) is 5.02 Å². The smallest absolute Gasteiger partial charge is 0.410 e. The minimum Gasteiger partial charge on any atom is -0.461 e. The first kappa shape index (κ1) is 32.7. The first-order chi connectivity index (χ1) is 23.5. The number of fused-ring (bicyclic) bond motifs is 5. The van der Waals surface area contributed by atoms with Crippen molar-refractivity contribution in [1.82, 2.24) is 24.8 Å². The van der Waals surface area contributed by atoms with E-state index in [1.165, 1.54) is 0 Å². The number of aromatic nitrogens is 3. The number of ether oxygens (including phenoxy) is 2. The van der Waals surface area contributed by atoms with Crippen LogP contribution in [0.3, 0.4) is 0 Å². The summed E-state index contributed by atoms with van der Waals surface area (Å²) in [5.74, 6) is 0.591. The van der Waals surface area contributed by atoms with Crippen LogP contribution in [0, 0.1) is 5.82 Å². The zero-order chi connectivity index (χ0) is 34.1. The molecule has 0 saturated carbocycles. The van der Waals surface area contributed by atoms with Gasteiger partial charge in [0, 0.05) is 47.2 Å². The second-order valence-electron chi connectivity index (χ2n) is 15.0. The number of pyridine rings is 1. The quantitative estimate of drug-likeness (QED) is 0.188. The number of hydrogen-bond acceptors (Lipinski definition) is 8. The molecule has 4 saturated heterocycles. The van der Waals surface area contributed by atoms with Gasteiger partial charge in [0.2, 0.25) is 0 Å². The van der Waals surface area contributed by atoms with Crippen molar-refractivity contribution >= 4 is 56.8 Å². The molecule has 0 aliphatic carbocycles. The van der Waals surface area contributed by atoms with Crippen LogP contribution in [0.1, 0.15) is 59.3 Å². The number of carbonyl (C=O) groups is 1. The fourth-order valence-corrected chi connectivity index (χ4v) is 9.28. The van der Waals surface area contributed by atoms with Gasteiger partial charge >= 0.3 is 12.1 Å². The summed E-state index contributed by atoms with van der Waals surface area (Å²) >= 11 is 13.0. The van der Waals surface area contributed by atoms with Gasteiger partial charge in [-0.15, -0.1) is 11.6 Å². The summed E-state index contributed by atoms with van der Waals surface area (Å²) in [6.07, 6.45) is 7.18. The van der Waals surface area contributed by atoms with Crippen molar-refractivity contribution < 1.29 is 18.7 Å². The van der Waals surface area contributed by atoms with E-state index in [9.17, 15) is 4.79 Å². The summed E-state index contributed by atoms with van der Waals surface area (Å²) in [5.41, 5.74) is 0.181. The van der Waals surface area contributed by atoms with Crippen LogP contribution in [-0.2, 0) is 4.74 Å². The maximum Gasteiger partial charge on any atom is 0.410 e. The van der Waals surface area contributed by atoms with Gasteiger partial charge in [-0.2, -0.15) is 9.97 Å². The van der Waals surface area contributed by atoms with Gasteiger partial charge in [0.15, 0.2) is 5.82 Å². The van der Waals surface area contributed by atoms with Crippen LogP contribution >= 0.6 is 23.2 Å². The first-order valence-electron chi connectivity index (χ1n) is 17.3. The molecule has 9 nitrogen and oxygen atoms in total. The van der Waals surface area contributed by atoms with Crippen LogP contribution in [0.5, 0.6) is 6.01 Å². The topological polar surface area (TPSA) is 83.9 Å². The predicted molar refractivity (Wildman–Crippen MR) is 190 cm³/mol. The highest BCUT2D eigenvalue weighted by molar-refractivity contribution is 6.36. The molecule has 8 rings (SSSR count). The average Bonchev–Trinajstić information content (AvgIpc) is 3.72. The number of amides is 1. The van der Waals surface area contributed by atoms with Crippen LogP contribution in [0.25, 0.3) is 32.9 Å². The number of nitrogens with zero attached hydrogens (tertiary/aromatic N) is 6. The third-order valence-electron chi connectivity index (χ3n) is 10.8. The van der Waals surface area contributed by atoms with E-state index in [2.05, 4.69) is 14.8 Å². The number of alkyl halides is 1. The highest BCUT2D eigenvalue weighted by atomic mass is 35.5. The van der Waals surface area contributed by atoms with Gasteiger partial charge in [0.05, 0.1) is 23.0 Å². The number of rotatable bonds is 6. The molecule has 2 aromatic carbocycles. The second kappa shape index (κ2) is 12.4. The van der Waals surface area contributed by atoms with Gasteiger partial charge in [-0.05, 0) is 77.3 Å². The van der Waals surface area contributed by atoms with Gasteiger partial charge in [0.25, 0.3) is 0 Å². The molecule has 49 heavy (non-hydrogen) atoms. The van der Waals surface area contributed by atoms with Gasteiger partial charge in [-0.1, -0.05) is 41.9 Å². The lowest BCUT2D eigenvalue weighted by atomic mass is 9.95. The lowest BCUT2D eigenvalue weighted by Crippen LogP contribution is -2.57. The van der Waals surface area contributed by atoms with Crippen molar-refractivity contribution in [3.8, 4) is 17.3 Å². The molecule has 0 N–H and O–H groups in total. The number of piperazine rings is 1. The minimum atomic E-state index is -0.588. The Bertz CT molecular complexity index is 1920. The lowest BCUT2D eigenvalue weighted by molar-refractivity contribution is 0.0122. The molecule has 0 spiro atoms. The zero-order valence-electron chi connectivity index (χ0n) is 28.1. The monoisotopic (exact) mass is 706 g/mol. The molecule has 12 heteroatoms. The summed E-state index contributed by atoms with van der Waals surface area (Å²) in [4.78, 5) is 34.1. The molecular formula is C37H41Cl2FN6O3. The molecule has 4 aliphatic rings. The van der Waals surface area contributed by atoms with Gasteiger partial charge < -0.3 is 14.4 Å². The van der Waals surface area contributed by atoms with E-state index in [0.717, 1.165) is 55.8 Å². The van der Waals surface area contributed by atoms with Gasteiger partial charge in [-0.3, -0.25) is 14.8 Å². The van der Waals surface area contributed by atoms with Crippen molar-refractivity contribution in [3.05, 3.63) is 53.4 Å². The number of anilines is 1. The average molecular weight is 708 g/mol. The molecule has 2 bridgehead atoms. The third-order valence-corrected chi connectivity index (χ3v) is 11.5. The summed E-state index contributed by atoms with van der Waals surface area (Å²) in [5, 5.41) is 2.64. The van der Waals surface area contributed by atoms with Crippen LogP contribution in [-0.4, -0.2) is 92.2 Å². The molecule has 4 aliphatic heterocycles. The number of hydrogen-bond donors (Lipinski definition) is 0. The fraction of sp³-hybridized carbons (Fsp3) is 0.514. The summed E-state index contributed by atoms with van der Waals surface area (Å²) in [6.45, 7) is 8.09. The molecule has 4 aromatic rings. The largest absolute Gasteiger partial charge is 0.461 e. The SMILES string of the molecule is CC(C)(C)OC(=O)N1[C@@H]2CC[C@H]1CN(c1nc(OCC34CCCN3C(CCl)CC4)nc3c(F)c(-c4cccc5cccc(Cl)c45)ncc13)C2. The predicted octanol–water partition coefficient (Wildman–Crippen LogP) is 7.84. The van der Waals surface area contributed by atoms with Crippen LogP contribution < -0.4 is 9.64 Å². The Kier molecular flexibility index (Phi) is 8.27. The molecule has 1 amide bonds. The van der Waals surface area contributed by atoms with Gasteiger partial charge in [0.1, 0.15) is 29.2 Å². The van der Waals surface area contributed by atoms with E-state index >= 15 is 4.39 Å². The molecule has 4 atom stereocenters. The summed E-state index contributed by atoms with van der Waals surface area (Å²) in [6, 6.07) is 11.6. The highest BCUT2D eigenvalue weighted by Gasteiger charge is 2.50. The van der Waals surface area contributed by atoms with E-state index in [4.69, 9.17) is 42.6 Å². The van der Waals surface area contributed by atoms with Crippen molar-refractivity contribution in [2.45, 2.75) is 88.6 Å². The number of benzene rings is 2. The fourth-order valence-electron chi connectivity index (χ4n) is 8.67. The Morgan fingerprint density at radius 3 is 2.55 bits per heavy atom. The normalized spacial score (nSPS) is 25.4. The van der Waals surface area contributed by atoms with Crippen LogP contribution in [0.4, 0.5) is 15.0 Å². The molecule has 4 fully saturated rings. The van der Waals surface area contributed by atoms with E-state index in [0.29, 0.717) is 53.4 Å². The Balaban J connectivity index is 1.19. The maximum absolute atomic E-state index is 16.9. The van der Waals surface area contributed by atoms with Crippen LogP contribution in [0.15, 0.2) is 42.6 Å². The van der Waals surface area contributed by atoms with Crippen molar-refractivity contribution in [2.75, 3.05) is 37.0 Å². The molecule has 2 aromatic heterocycles. The van der Waals surface area contributed by atoms with E-state index < -0.39 is 11.4 Å². The highest BCUT2D eigenvalue weighted by Crippen LogP contribution is 2.44. The molecule has 2 unspecified atom stereocenters. The van der Waals surface area contributed by atoms with Gasteiger partial charge in [-0.25, -0.2) is 9.18 Å². The summed E-state index contributed by atoms with van der Waals surface area (Å²) in [7, 11) is 0. The zero-order valence-corrected chi connectivity index (χ0v) is 29.6. The summed E-state index contributed by atoms with van der Waals surface area (Å²) < 4.78 is 29.2. The Hall–Kier alpha value is -3.47. The van der Waals surface area contributed by atoms with Crippen molar-refractivity contribution in [2.24, 2.45) is 0 Å². The van der Waals surface area contributed by atoms with Crippen molar-refractivity contribution in [3.63, 3.8) is 0 Å². The molecule has 6 heterocycles. The second-order valence-corrected chi connectivity index (χ2v) is 15.7. The molecule has 0 radical (unpaired) electrons. The lowest BCUT2D eigenvalue weighted by Gasteiger charge is -2.42. The number of halogens is 3. The van der Waals surface area contributed by atoms with Crippen molar-refractivity contribution in [1.29, 1.82) is 0 Å². The Labute approximate surface area is 295 Å². The Morgan fingerprint density at radius 2 is 1.82 bits per heavy atom. The third kappa shape index (κ3) is 5.73.